The Balaban J connectivity index is 2.25. The second kappa shape index (κ2) is 6.57. The first-order chi connectivity index (χ1) is 9.22. The van der Waals surface area contributed by atoms with Gasteiger partial charge in [-0.25, -0.2) is 0 Å². The maximum Gasteiger partial charge on any atom is 0.0583 e. The molecule has 0 aromatic carbocycles. The summed E-state index contributed by atoms with van der Waals surface area (Å²) in [4.78, 5) is 11.8. The van der Waals surface area contributed by atoms with Crippen LogP contribution in [0, 0.1) is 0 Å². The third-order valence-corrected chi connectivity index (χ3v) is 4.06. The highest BCUT2D eigenvalue weighted by atomic mass is 32.1. The Morgan fingerprint density at radius 3 is 2.84 bits per heavy atom. The van der Waals surface area contributed by atoms with Crippen LogP contribution in [0.15, 0.2) is 29.6 Å². The van der Waals surface area contributed by atoms with Gasteiger partial charge < -0.3 is 14.5 Å². The third kappa shape index (κ3) is 3.47. The van der Waals surface area contributed by atoms with E-state index in [1.165, 1.54) is 10.6 Å². The minimum absolute atomic E-state index is 0.0834. The smallest absolute Gasteiger partial charge is 0.0583 e. The van der Waals surface area contributed by atoms with E-state index in [2.05, 4.69) is 29.0 Å². The average molecular weight is 276 g/mol. The van der Waals surface area contributed by atoms with Crippen molar-refractivity contribution in [2.75, 3.05) is 0 Å². The molecule has 0 saturated carbocycles. The minimum Gasteiger partial charge on any atom is -0.550 e. The molecule has 0 bridgehead atoms. The van der Waals surface area contributed by atoms with Gasteiger partial charge in [0, 0.05) is 18.2 Å². The number of aromatic nitrogens is 1. The molecule has 0 unspecified atom stereocenters. The van der Waals surface area contributed by atoms with Crippen LogP contribution in [0.25, 0.3) is 10.6 Å². The van der Waals surface area contributed by atoms with Crippen LogP contribution in [-0.2, 0) is 17.8 Å². The van der Waals surface area contributed by atoms with Crippen molar-refractivity contribution >= 4 is 17.3 Å². The number of rotatable bonds is 7. The molecule has 2 aromatic rings. The number of carboxylic acid groups (broad SMARTS) is 1. The first-order valence-electron chi connectivity index (χ1n) is 6.64. The summed E-state index contributed by atoms with van der Waals surface area (Å²) in [5.74, 6) is -0.985. The van der Waals surface area contributed by atoms with E-state index in [-0.39, 0.29) is 6.42 Å². The summed E-state index contributed by atoms with van der Waals surface area (Å²) in [7, 11) is 0. The number of carboxylic acids is 1. The molecule has 2 rings (SSSR count). The predicted octanol–water partition coefficient (Wildman–Crippen LogP) is 2.70. The Bertz CT molecular complexity index is 528. The van der Waals surface area contributed by atoms with Crippen LogP contribution < -0.4 is 5.11 Å². The summed E-state index contributed by atoms with van der Waals surface area (Å²) in [5, 5.41) is 12.7. The Morgan fingerprint density at radius 1 is 1.37 bits per heavy atom. The van der Waals surface area contributed by atoms with Crippen molar-refractivity contribution in [1.29, 1.82) is 0 Å². The summed E-state index contributed by atoms with van der Waals surface area (Å²) in [6.45, 7) is 3.11. The molecule has 4 heteroatoms. The Labute approximate surface area is 117 Å². The highest BCUT2D eigenvalue weighted by Gasteiger charge is 2.10. The number of nitrogens with zero attached hydrogens (tertiary/aromatic N) is 1. The fourth-order valence-electron chi connectivity index (χ4n) is 2.18. The molecule has 0 radical (unpaired) electrons. The molecule has 0 aliphatic rings. The summed E-state index contributed by atoms with van der Waals surface area (Å²) < 4.78 is 2.25. The van der Waals surface area contributed by atoms with Gasteiger partial charge in [-0.15, -0.1) is 11.3 Å². The Morgan fingerprint density at radius 2 is 2.21 bits per heavy atom. The lowest BCUT2D eigenvalue weighted by Gasteiger charge is -2.12. The van der Waals surface area contributed by atoms with Crippen LogP contribution in [0.5, 0.6) is 0 Å². The summed E-state index contributed by atoms with van der Waals surface area (Å²) in [5.41, 5.74) is 2.28. The van der Waals surface area contributed by atoms with E-state index in [1.807, 2.05) is 12.1 Å². The first-order valence-corrected chi connectivity index (χ1v) is 7.52. The normalized spacial score (nSPS) is 10.8. The molecule has 0 N–H and O–H groups in total. The molecular weight excluding hydrogens is 258 g/mol. The van der Waals surface area contributed by atoms with E-state index in [0.29, 0.717) is 6.42 Å². The fourth-order valence-corrected chi connectivity index (χ4v) is 2.94. The van der Waals surface area contributed by atoms with Crippen molar-refractivity contribution in [1.82, 2.24) is 4.57 Å². The summed E-state index contributed by atoms with van der Waals surface area (Å²) in [6.07, 6.45) is 2.85. The van der Waals surface area contributed by atoms with Crippen molar-refractivity contribution in [2.45, 2.75) is 39.2 Å². The minimum atomic E-state index is -0.985. The van der Waals surface area contributed by atoms with Gasteiger partial charge in [0.25, 0.3) is 0 Å². The summed E-state index contributed by atoms with van der Waals surface area (Å²) >= 11 is 1.71. The second-order valence-corrected chi connectivity index (χ2v) is 5.51. The van der Waals surface area contributed by atoms with Crippen molar-refractivity contribution in [3.8, 4) is 10.6 Å². The van der Waals surface area contributed by atoms with E-state index in [9.17, 15) is 9.90 Å². The van der Waals surface area contributed by atoms with Crippen LogP contribution >= 0.6 is 11.3 Å². The molecule has 3 nitrogen and oxygen atoms in total. The fraction of sp³-hybridized carbons (Fsp3) is 0.400. The van der Waals surface area contributed by atoms with Crippen LogP contribution in [0.4, 0.5) is 0 Å². The average Bonchev–Trinajstić information content (AvgIpc) is 3.02. The maximum absolute atomic E-state index is 10.6. The second-order valence-electron chi connectivity index (χ2n) is 4.56. The molecule has 0 aliphatic heterocycles. The van der Waals surface area contributed by atoms with Gasteiger partial charge in [-0.05, 0) is 42.8 Å². The quantitative estimate of drug-likeness (QED) is 0.780. The van der Waals surface area contributed by atoms with Gasteiger partial charge in [0.05, 0.1) is 10.6 Å². The van der Waals surface area contributed by atoms with Crippen LogP contribution in [0.2, 0.25) is 0 Å². The Hall–Kier alpha value is -1.55. The van der Waals surface area contributed by atoms with Crippen molar-refractivity contribution < 1.29 is 9.90 Å². The SMILES string of the molecule is CCCCn1c(CCC(=O)[O-])ccc1-c1cccs1. The van der Waals surface area contributed by atoms with E-state index < -0.39 is 5.97 Å². The van der Waals surface area contributed by atoms with Crippen LogP contribution in [0.1, 0.15) is 31.9 Å². The first kappa shape index (κ1) is 13.9. The van der Waals surface area contributed by atoms with Gasteiger partial charge in [0.15, 0.2) is 0 Å². The maximum atomic E-state index is 10.6. The number of aryl methyl sites for hydroxylation is 1. The molecule has 19 heavy (non-hydrogen) atoms. The largest absolute Gasteiger partial charge is 0.550 e. The van der Waals surface area contributed by atoms with Crippen molar-refractivity contribution in [3.05, 3.63) is 35.3 Å². The lowest BCUT2D eigenvalue weighted by molar-refractivity contribution is -0.305. The molecule has 0 fully saturated rings. The van der Waals surface area contributed by atoms with E-state index in [1.54, 1.807) is 11.3 Å². The van der Waals surface area contributed by atoms with Gasteiger partial charge in [-0.2, -0.15) is 0 Å². The third-order valence-electron chi connectivity index (χ3n) is 3.17. The number of hydrogen-bond acceptors (Lipinski definition) is 3. The topological polar surface area (TPSA) is 45.1 Å². The van der Waals surface area contributed by atoms with Crippen molar-refractivity contribution in [3.63, 3.8) is 0 Å². The highest BCUT2D eigenvalue weighted by Crippen LogP contribution is 2.28. The number of carbonyl (C=O) groups is 1. The van der Waals surface area contributed by atoms with Crippen LogP contribution in [0.3, 0.4) is 0 Å². The molecule has 0 atom stereocenters. The van der Waals surface area contributed by atoms with Gasteiger partial charge in [0.2, 0.25) is 0 Å². The van der Waals surface area contributed by atoms with E-state index >= 15 is 0 Å². The number of thiophene rings is 1. The number of aliphatic carboxylic acids is 1. The summed E-state index contributed by atoms with van der Waals surface area (Å²) in [6, 6.07) is 8.27. The Kier molecular flexibility index (Phi) is 4.80. The molecule has 0 saturated heterocycles. The zero-order valence-corrected chi connectivity index (χ0v) is 11.9. The lowest BCUT2D eigenvalue weighted by atomic mass is 10.2. The monoisotopic (exact) mass is 276 g/mol. The van der Waals surface area contributed by atoms with Gasteiger partial charge in [-0.3, -0.25) is 0 Å². The van der Waals surface area contributed by atoms with Crippen LogP contribution in [-0.4, -0.2) is 10.5 Å². The van der Waals surface area contributed by atoms with E-state index in [4.69, 9.17) is 0 Å². The molecule has 0 spiro atoms. The highest BCUT2D eigenvalue weighted by molar-refractivity contribution is 7.13. The number of hydrogen-bond donors (Lipinski definition) is 0. The van der Waals surface area contributed by atoms with E-state index in [0.717, 1.165) is 25.1 Å². The van der Waals surface area contributed by atoms with Gasteiger partial charge >= 0.3 is 0 Å². The molecule has 102 valence electrons. The van der Waals surface area contributed by atoms with Gasteiger partial charge in [-0.1, -0.05) is 19.4 Å². The number of unbranched alkanes of at least 4 members (excludes halogenated alkanes) is 1. The molecule has 2 aromatic heterocycles. The lowest BCUT2D eigenvalue weighted by Crippen LogP contribution is -2.22. The molecule has 2 heterocycles. The zero-order valence-electron chi connectivity index (χ0n) is 11.1. The molecular formula is C15H18NO2S-. The standard InChI is InChI=1S/C15H19NO2S/c1-2-3-10-16-12(7-9-15(17)18)6-8-13(16)14-5-4-11-19-14/h4-6,8,11H,2-3,7,9-10H2,1H3,(H,17,18)/p-1. The molecule has 0 amide bonds. The van der Waals surface area contributed by atoms with Gasteiger partial charge in [0.1, 0.15) is 0 Å². The zero-order chi connectivity index (χ0) is 13.7. The molecule has 0 aliphatic carbocycles. The van der Waals surface area contributed by atoms with Crippen molar-refractivity contribution in [2.24, 2.45) is 0 Å². The predicted molar refractivity (Wildman–Crippen MR) is 76.0 cm³/mol. The number of carbonyl (C=O) groups excluding carboxylic acids is 1.